The van der Waals surface area contributed by atoms with Gasteiger partial charge in [0.1, 0.15) is 0 Å². The molecule has 0 bridgehead atoms. The topological polar surface area (TPSA) is 30.3 Å². The van der Waals surface area contributed by atoms with Crippen LogP contribution in [0, 0.1) is 11.3 Å². The van der Waals surface area contributed by atoms with Crippen LogP contribution in [0.5, 0.6) is 0 Å². The third kappa shape index (κ3) is 6.88. The molecule has 14 heavy (non-hydrogen) atoms. The number of nitriles is 1. The van der Waals surface area contributed by atoms with E-state index in [1.165, 1.54) is 6.42 Å². The molecule has 0 fully saturated rings. The highest BCUT2D eigenvalue weighted by molar-refractivity contribution is 4.74. The summed E-state index contributed by atoms with van der Waals surface area (Å²) < 4.78 is 0. The van der Waals surface area contributed by atoms with E-state index in [9.17, 15) is 0 Å². The molecule has 0 unspecified atom stereocenters. The van der Waals surface area contributed by atoms with Crippen molar-refractivity contribution in [2.24, 2.45) is 0 Å². The predicted molar refractivity (Wildman–Crippen MR) is 60.1 cm³/mol. The minimum atomic E-state index is 0.547. The van der Waals surface area contributed by atoms with Gasteiger partial charge >= 0.3 is 0 Å². The highest BCUT2D eigenvalue weighted by Gasteiger charge is 2.07. The quantitative estimate of drug-likeness (QED) is 0.620. The zero-order valence-corrected chi connectivity index (χ0v) is 9.95. The third-order valence-corrected chi connectivity index (χ3v) is 2.29. The van der Waals surface area contributed by atoms with E-state index in [0.717, 1.165) is 19.6 Å². The van der Waals surface area contributed by atoms with Crippen LogP contribution in [0.1, 0.15) is 26.7 Å². The van der Waals surface area contributed by atoms with E-state index in [-0.39, 0.29) is 0 Å². The maximum Gasteiger partial charge on any atom is 0.0635 e. The fourth-order valence-electron chi connectivity index (χ4n) is 1.41. The van der Waals surface area contributed by atoms with Gasteiger partial charge in [0.15, 0.2) is 0 Å². The maximum atomic E-state index is 8.53. The number of nitrogens with zero attached hydrogens (tertiary/aromatic N) is 3. The Morgan fingerprint density at radius 1 is 1.14 bits per heavy atom. The summed E-state index contributed by atoms with van der Waals surface area (Å²) in [4.78, 5) is 4.56. The van der Waals surface area contributed by atoms with Crippen LogP contribution in [-0.2, 0) is 0 Å². The van der Waals surface area contributed by atoms with Crippen molar-refractivity contribution >= 4 is 0 Å². The normalized spacial score (nSPS) is 11.3. The summed E-state index contributed by atoms with van der Waals surface area (Å²) in [5, 5.41) is 8.53. The van der Waals surface area contributed by atoms with Gasteiger partial charge in [0.2, 0.25) is 0 Å². The molecule has 0 aromatic rings. The largest absolute Gasteiger partial charge is 0.309 e. The fourth-order valence-corrected chi connectivity index (χ4v) is 1.41. The number of hydrogen-bond donors (Lipinski definition) is 0. The number of hydrogen-bond acceptors (Lipinski definition) is 3. The first-order valence-electron chi connectivity index (χ1n) is 5.33. The Kier molecular flexibility index (Phi) is 7.45. The molecule has 0 heterocycles. The molecule has 0 aromatic carbocycles. The van der Waals surface area contributed by atoms with Crippen molar-refractivity contribution in [3.8, 4) is 6.07 Å². The van der Waals surface area contributed by atoms with Crippen LogP contribution in [0.3, 0.4) is 0 Å². The fraction of sp³-hybridized carbons (Fsp3) is 0.909. The Morgan fingerprint density at radius 2 is 1.79 bits per heavy atom. The second-order valence-corrected chi connectivity index (χ2v) is 4.19. The summed E-state index contributed by atoms with van der Waals surface area (Å²) in [6, 6.07) is 2.75. The summed E-state index contributed by atoms with van der Waals surface area (Å²) in [7, 11) is 4.18. The van der Waals surface area contributed by atoms with Crippen LogP contribution < -0.4 is 0 Å². The van der Waals surface area contributed by atoms with Crippen LogP contribution in [0.25, 0.3) is 0 Å². The molecular formula is C11H23N3. The first kappa shape index (κ1) is 13.4. The Labute approximate surface area is 88.3 Å². The van der Waals surface area contributed by atoms with Crippen molar-refractivity contribution < 1.29 is 0 Å². The maximum absolute atomic E-state index is 8.53. The van der Waals surface area contributed by atoms with Gasteiger partial charge in [0.25, 0.3) is 0 Å². The highest BCUT2D eigenvalue weighted by atomic mass is 15.1. The molecule has 82 valence electrons. The molecule has 0 saturated heterocycles. The van der Waals surface area contributed by atoms with Gasteiger partial charge in [-0.3, -0.25) is 4.90 Å². The lowest BCUT2D eigenvalue weighted by atomic mass is 10.2. The van der Waals surface area contributed by atoms with Gasteiger partial charge in [0.05, 0.1) is 6.07 Å². The van der Waals surface area contributed by atoms with E-state index >= 15 is 0 Å². The molecule has 0 aliphatic heterocycles. The van der Waals surface area contributed by atoms with Gasteiger partial charge in [-0.05, 0) is 47.5 Å². The predicted octanol–water partition coefficient (Wildman–Crippen LogP) is 1.56. The summed E-state index contributed by atoms with van der Waals surface area (Å²) in [5.41, 5.74) is 0. The monoisotopic (exact) mass is 197 g/mol. The molecule has 0 rings (SSSR count). The highest BCUT2D eigenvalue weighted by Crippen LogP contribution is 2.01. The third-order valence-electron chi connectivity index (χ3n) is 2.29. The van der Waals surface area contributed by atoms with Crippen molar-refractivity contribution in [2.75, 3.05) is 33.7 Å². The summed E-state index contributed by atoms with van der Waals surface area (Å²) in [5.74, 6) is 0. The molecule has 0 radical (unpaired) electrons. The molecule has 0 atom stereocenters. The smallest absolute Gasteiger partial charge is 0.0635 e. The zero-order chi connectivity index (χ0) is 11.0. The van der Waals surface area contributed by atoms with E-state index in [1.807, 2.05) is 0 Å². The van der Waals surface area contributed by atoms with Crippen molar-refractivity contribution in [1.82, 2.24) is 9.80 Å². The lowest BCUT2D eigenvalue weighted by Gasteiger charge is -2.25. The van der Waals surface area contributed by atoms with Crippen molar-refractivity contribution in [3.05, 3.63) is 0 Å². The summed E-state index contributed by atoms with van der Waals surface area (Å²) in [6.45, 7) is 7.50. The standard InChI is InChI=1S/C11H23N3/c1-11(2)14(9-5-7-12)10-6-8-13(3)4/h11H,5-6,8-10H2,1-4H3. The Hall–Kier alpha value is -0.590. The Morgan fingerprint density at radius 3 is 2.21 bits per heavy atom. The first-order valence-corrected chi connectivity index (χ1v) is 5.33. The summed E-state index contributed by atoms with van der Waals surface area (Å²) >= 11 is 0. The molecule has 3 heteroatoms. The van der Waals surface area contributed by atoms with Crippen LogP contribution in [0.4, 0.5) is 0 Å². The van der Waals surface area contributed by atoms with Gasteiger partial charge in [-0.2, -0.15) is 5.26 Å². The van der Waals surface area contributed by atoms with Crippen molar-refractivity contribution in [3.63, 3.8) is 0 Å². The summed E-state index contributed by atoms with van der Waals surface area (Å²) in [6.07, 6.45) is 1.82. The average Bonchev–Trinajstić information content (AvgIpc) is 2.09. The van der Waals surface area contributed by atoms with Gasteiger partial charge in [-0.15, -0.1) is 0 Å². The number of rotatable bonds is 7. The van der Waals surface area contributed by atoms with E-state index < -0.39 is 0 Å². The molecule has 0 aromatic heterocycles. The Balaban J connectivity index is 3.69. The van der Waals surface area contributed by atoms with Crippen LogP contribution >= 0.6 is 0 Å². The van der Waals surface area contributed by atoms with Gasteiger partial charge in [-0.1, -0.05) is 0 Å². The van der Waals surface area contributed by atoms with Crippen LogP contribution in [-0.4, -0.2) is 49.6 Å². The van der Waals surface area contributed by atoms with Gasteiger partial charge in [-0.25, -0.2) is 0 Å². The van der Waals surface area contributed by atoms with Crippen LogP contribution in [0.15, 0.2) is 0 Å². The van der Waals surface area contributed by atoms with Gasteiger partial charge < -0.3 is 4.90 Å². The second kappa shape index (κ2) is 7.78. The SMILES string of the molecule is CC(C)N(CCC#N)CCCN(C)C. The van der Waals surface area contributed by atoms with Gasteiger partial charge in [0, 0.05) is 19.0 Å². The molecule has 0 amide bonds. The van der Waals surface area contributed by atoms with E-state index in [1.54, 1.807) is 0 Å². The second-order valence-electron chi connectivity index (χ2n) is 4.19. The molecule has 0 aliphatic rings. The molecule has 0 spiro atoms. The molecule has 0 N–H and O–H groups in total. The molecule has 0 saturated carbocycles. The molecule has 3 nitrogen and oxygen atoms in total. The lowest BCUT2D eigenvalue weighted by Crippen LogP contribution is -2.34. The zero-order valence-electron chi connectivity index (χ0n) is 9.95. The molecular weight excluding hydrogens is 174 g/mol. The van der Waals surface area contributed by atoms with E-state index in [2.05, 4.69) is 43.8 Å². The minimum absolute atomic E-state index is 0.547. The van der Waals surface area contributed by atoms with Crippen molar-refractivity contribution in [2.45, 2.75) is 32.7 Å². The lowest BCUT2D eigenvalue weighted by molar-refractivity contribution is 0.214. The van der Waals surface area contributed by atoms with Crippen LogP contribution in [0.2, 0.25) is 0 Å². The Bertz CT molecular complexity index is 170. The van der Waals surface area contributed by atoms with E-state index in [0.29, 0.717) is 12.5 Å². The first-order chi connectivity index (χ1) is 6.57. The molecule has 0 aliphatic carbocycles. The van der Waals surface area contributed by atoms with E-state index in [4.69, 9.17) is 5.26 Å². The van der Waals surface area contributed by atoms with Crippen molar-refractivity contribution in [1.29, 1.82) is 5.26 Å². The minimum Gasteiger partial charge on any atom is -0.309 e. The average molecular weight is 197 g/mol.